The summed E-state index contributed by atoms with van der Waals surface area (Å²) in [6, 6.07) is 5.85. The van der Waals surface area contributed by atoms with E-state index in [4.69, 9.17) is 9.47 Å². The minimum atomic E-state index is 0.724. The second kappa shape index (κ2) is 5.88. The Labute approximate surface area is 117 Å². The molecule has 0 radical (unpaired) electrons. The lowest BCUT2D eigenvalue weighted by Crippen LogP contribution is -2.16. The van der Waals surface area contributed by atoms with Crippen molar-refractivity contribution in [3.05, 3.63) is 29.6 Å². The fourth-order valence-electron chi connectivity index (χ4n) is 1.74. The maximum Gasteiger partial charge on any atom is 0.205 e. The van der Waals surface area contributed by atoms with Crippen molar-refractivity contribution in [2.24, 2.45) is 0 Å². The minimum absolute atomic E-state index is 0.724. The zero-order valence-corrected chi connectivity index (χ0v) is 12.3. The largest absolute Gasteiger partial charge is 0.497 e. The Bertz CT molecular complexity index is 534. The lowest BCUT2D eigenvalue weighted by molar-refractivity contribution is 0.393. The Morgan fingerprint density at radius 3 is 2.26 bits per heavy atom. The van der Waals surface area contributed by atoms with E-state index in [0.29, 0.717) is 0 Å². The number of aryl methyl sites for hydroxylation is 1. The van der Waals surface area contributed by atoms with Crippen LogP contribution < -0.4 is 14.4 Å². The van der Waals surface area contributed by atoms with Crippen molar-refractivity contribution in [1.82, 2.24) is 9.36 Å². The van der Waals surface area contributed by atoms with Crippen molar-refractivity contribution in [2.45, 2.75) is 13.5 Å². The number of anilines is 1. The summed E-state index contributed by atoms with van der Waals surface area (Å²) in [4.78, 5) is 6.42. The summed E-state index contributed by atoms with van der Waals surface area (Å²) < 4.78 is 14.7. The molecule has 2 rings (SSSR count). The molecule has 1 aromatic heterocycles. The first-order valence-electron chi connectivity index (χ1n) is 5.85. The van der Waals surface area contributed by atoms with Crippen LogP contribution >= 0.6 is 11.5 Å². The van der Waals surface area contributed by atoms with Crippen LogP contribution in [0.1, 0.15) is 11.4 Å². The van der Waals surface area contributed by atoms with Crippen LogP contribution in [0.2, 0.25) is 0 Å². The first kappa shape index (κ1) is 13.6. The van der Waals surface area contributed by atoms with Crippen molar-refractivity contribution in [3.8, 4) is 11.5 Å². The lowest BCUT2D eigenvalue weighted by Gasteiger charge is -2.16. The van der Waals surface area contributed by atoms with Gasteiger partial charge in [-0.25, -0.2) is 4.98 Å². The molecule has 1 aromatic carbocycles. The van der Waals surface area contributed by atoms with Crippen LogP contribution in [-0.2, 0) is 6.54 Å². The van der Waals surface area contributed by atoms with Gasteiger partial charge in [0.1, 0.15) is 17.3 Å². The standard InChI is InChI=1S/C13H17N3O2S/c1-9-14-13(19-15-9)16(2)8-10-5-11(17-3)7-12(6-10)18-4/h5-7H,8H2,1-4H3. The molecule has 0 atom stereocenters. The number of methoxy groups -OCH3 is 2. The molecular weight excluding hydrogens is 262 g/mol. The summed E-state index contributed by atoms with van der Waals surface area (Å²) in [6.07, 6.45) is 0. The van der Waals surface area contributed by atoms with Gasteiger partial charge in [0.15, 0.2) is 0 Å². The molecule has 6 heteroatoms. The summed E-state index contributed by atoms with van der Waals surface area (Å²) in [5.74, 6) is 2.38. The number of hydrogen-bond acceptors (Lipinski definition) is 6. The third-order valence-electron chi connectivity index (χ3n) is 2.67. The monoisotopic (exact) mass is 279 g/mol. The number of rotatable bonds is 5. The van der Waals surface area contributed by atoms with Gasteiger partial charge in [0.2, 0.25) is 5.13 Å². The smallest absolute Gasteiger partial charge is 0.205 e. The molecule has 0 aliphatic rings. The molecule has 0 fully saturated rings. The molecule has 0 saturated heterocycles. The first-order chi connectivity index (χ1) is 9.12. The van der Waals surface area contributed by atoms with Crippen molar-refractivity contribution in [1.29, 1.82) is 0 Å². The van der Waals surface area contributed by atoms with Crippen LogP contribution in [0.4, 0.5) is 5.13 Å². The second-order valence-corrected chi connectivity index (χ2v) is 4.93. The number of ether oxygens (including phenoxy) is 2. The van der Waals surface area contributed by atoms with Gasteiger partial charge in [0.05, 0.1) is 14.2 Å². The molecule has 5 nitrogen and oxygen atoms in total. The number of hydrogen-bond donors (Lipinski definition) is 0. The fraction of sp³-hybridized carbons (Fsp3) is 0.385. The Balaban J connectivity index is 2.18. The average Bonchev–Trinajstić information content (AvgIpc) is 2.85. The van der Waals surface area contributed by atoms with Crippen LogP contribution in [0.5, 0.6) is 11.5 Å². The predicted molar refractivity (Wildman–Crippen MR) is 76.3 cm³/mol. The van der Waals surface area contributed by atoms with Gasteiger partial charge in [-0.3, -0.25) is 0 Å². The van der Waals surface area contributed by atoms with Crippen LogP contribution in [0.15, 0.2) is 18.2 Å². The van der Waals surface area contributed by atoms with Crippen molar-refractivity contribution >= 4 is 16.7 Å². The molecule has 0 saturated carbocycles. The molecular formula is C13H17N3O2S. The molecule has 0 unspecified atom stereocenters. The van der Waals surface area contributed by atoms with Gasteiger partial charge in [-0.2, -0.15) is 4.37 Å². The third kappa shape index (κ3) is 3.35. The molecule has 1 heterocycles. The van der Waals surface area contributed by atoms with Gasteiger partial charge >= 0.3 is 0 Å². The summed E-state index contributed by atoms with van der Waals surface area (Å²) in [5, 5.41) is 0.902. The number of aromatic nitrogens is 2. The van der Waals surface area contributed by atoms with Gasteiger partial charge in [0.25, 0.3) is 0 Å². The van der Waals surface area contributed by atoms with Gasteiger partial charge in [0, 0.05) is 31.2 Å². The van der Waals surface area contributed by atoms with Crippen LogP contribution in [0.25, 0.3) is 0 Å². The Kier molecular flexibility index (Phi) is 4.21. The molecule has 0 amide bonds. The van der Waals surface area contributed by atoms with Crippen molar-refractivity contribution in [3.63, 3.8) is 0 Å². The zero-order valence-electron chi connectivity index (χ0n) is 11.5. The Hall–Kier alpha value is -1.82. The van der Waals surface area contributed by atoms with E-state index >= 15 is 0 Å². The molecule has 2 aromatic rings. The Morgan fingerprint density at radius 1 is 1.16 bits per heavy atom. The average molecular weight is 279 g/mol. The van der Waals surface area contributed by atoms with Crippen molar-refractivity contribution in [2.75, 3.05) is 26.2 Å². The summed E-state index contributed by atoms with van der Waals surface area (Å²) in [5.41, 5.74) is 1.10. The quantitative estimate of drug-likeness (QED) is 0.841. The molecule has 102 valence electrons. The highest BCUT2D eigenvalue weighted by Gasteiger charge is 2.09. The SMILES string of the molecule is COc1cc(CN(C)c2nc(C)ns2)cc(OC)c1. The highest BCUT2D eigenvalue weighted by atomic mass is 32.1. The zero-order chi connectivity index (χ0) is 13.8. The maximum absolute atomic E-state index is 5.26. The summed E-state index contributed by atoms with van der Waals surface area (Å²) in [7, 11) is 5.29. The minimum Gasteiger partial charge on any atom is -0.497 e. The Morgan fingerprint density at radius 2 is 1.79 bits per heavy atom. The summed E-state index contributed by atoms with van der Waals surface area (Å²) in [6.45, 7) is 2.62. The number of benzene rings is 1. The van der Waals surface area contributed by atoms with E-state index in [9.17, 15) is 0 Å². The van der Waals surface area contributed by atoms with Crippen LogP contribution in [0, 0.1) is 6.92 Å². The van der Waals surface area contributed by atoms with E-state index in [1.807, 2.05) is 32.2 Å². The first-order valence-corrected chi connectivity index (χ1v) is 6.63. The molecule has 0 bridgehead atoms. The fourth-order valence-corrected chi connectivity index (χ4v) is 2.37. The third-order valence-corrected chi connectivity index (χ3v) is 3.60. The molecule has 0 spiro atoms. The highest BCUT2D eigenvalue weighted by molar-refractivity contribution is 7.09. The highest BCUT2D eigenvalue weighted by Crippen LogP contribution is 2.25. The maximum atomic E-state index is 5.26. The second-order valence-electron chi connectivity index (χ2n) is 4.20. The van der Waals surface area contributed by atoms with E-state index in [0.717, 1.165) is 34.6 Å². The van der Waals surface area contributed by atoms with E-state index < -0.39 is 0 Å². The molecule has 0 aliphatic heterocycles. The van der Waals surface area contributed by atoms with Gasteiger partial charge in [-0.05, 0) is 24.6 Å². The van der Waals surface area contributed by atoms with E-state index in [1.165, 1.54) is 11.5 Å². The lowest BCUT2D eigenvalue weighted by atomic mass is 10.2. The number of nitrogens with zero attached hydrogens (tertiary/aromatic N) is 3. The summed E-state index contributed by atoms with van der Waals surface area (Å²) >= 11 is 1.40. The predicted octanol–water partition coefficient (Wildman–Crippen LogP) is 2.50. The van der Waals surface area contributed by atoms with Gasteiger partial charge in [-0.15, -0.1) is 0 Å². The molecule has 0 aliphatic carbocycles. The van der Waals surface area contributed by atoms with Crippen molar-refractivity contribution < 1.29 is 9.47 Å². The van der Waals surface area contributed by atoms with Gasteiger partial charge in [-0.1, -0.05) is 0 Å². The van der Waals surface area contributed by atoms with Crippen LogP contribution in [0.3, 0.4) is 0 Å². The van der Waals surface area contributed by atoms with Crippen LogP contribution in [-0.4, -0.2) is 30.6 Å². The topological polar surface area (TPSA) is 47.5 Å². The normalized spacial score (nSPS) is 10.3. The van der Waals surface area contributed by atoms with E-state index in [2.05, 4.69) is 14.3 Å². The van der Waals surface area contributed by atoms with Gasteiger partial charge < -0.3 is 14.4 Å². The van der Waals surface area contributed by atoms with E-state index in [1.54, 1.807) is 14.2 Å². The molecule has 0 N–H and O–H groups in total. The molecule has 19 heavy (non-hydrogen) atoms. The van der Waals surface area contributed by atoms with E-state index in [-0.39, 0.29) is 0 Å².